The average Bonchev–Trinajstić information content (AvgIpc) is 2.84. The smallest absolute Gasteiger partial charge is 0.335 e. The van der Waals surface area contributed by atoms with Crippen LogP contribution < -0.4 is 34.4 Å². The fourth-order valence-corrected chi connectivity index (χ4v) is 2.32. The molecule has 0 heterocycles. The first-order valence-electron chi connectivity index (χ1n) is 10.4. The van der Waals surface area contributed by atoms with Gasteiger partial charge in [0.1, 0.15) is 0 Å². The van der Waals surface area contributed by atoms with Gasteiger partial charge in [-0.3, -0.25) is 0 Å². The van der Waals surface area contributed by atoms with Crippen LogP contribution in [-0.4, -0.2) is 22.2 Å². The molecule has 0 fully saturated rings. The van der Waals surface area contributed by atoms with E-state index in [0.717, 1.165) is 11.4 Å². The van der Waals surface area contributed by atoms with Crippen molar-refractivity contribution >= 4 is 46.1 Å². The number of nitrogens with two attached hydrogens (primary N) is 6. The van der Waals surface area contributed by atoms with Crippen LogP contribution in [0.5, 0.6) is 0 Å². The highest BCUT2D eigenvalue weighted by Gasteiger charge is 2.04. The van der Waals surface area contributed by atoms with E-state index in [-0.39, 0.29) is 11.1 Å². The van der Waals surface area contributed by atoms with Crippen LogP contribution in [0.1, 0.15) is 20.7 Å². The largest absolute Gasteiger partial charge is 0.478 e. The second-order valence-electron chi connectivity index (χ2n) is 7.15. The summed E-state index contributed by atoms with van der Waals surface area (Å²) in [5.41, 5.74) is 36.7. The Labute approximate surface area is 208 Å². The number of anilines is 6. The molecule has 4 rings (SSSR count). The van der Waals surface area contributed by atoms with Gasteiger partial charge in [0.25, 0.3) is 0 Å². The molecule has 4 aromatic carbocycles. The van der Waals surface area contributed by atoms with Crippen molar-refractivity contribution in [1.29, 1.82) is 0 Å². The van der Waals surface area contributed by atoms with Crippen LogP contribution in [0, 0.1) is 0 Å². The molecule has 188 valence electrons. The summed E-state index contributed by atoms with van der Waals surface area (Å²) in [6.45, 7) is 0. The third kappa shape index (κ3) is 11.5. The molecule has 0 saturated carbocycles. The quantitative estimate of drug-likeness (QED) is 0.190. The minimum absolute atomic E-state index is 0.0833. The molecule has 10 nitrogen and oxygen atoms in total. The molecule has 0 aliphatic heterocycles. The molecule has 0 atom stereocenters. The fourth-order valence-electron chi connectivity index (χ4n) is 2.32. The van der Waals surface area contributed by atoms with Gasteiger partial charge in [0.15, 0.2) is 0 Å². The highest BCUT2D eigenvalue weighted by Crippen LogP contribution is 2.10. The second-order valence-corrected chi connectivity index (χ2v) is 7.15. The van der Waals surface area contributed by atoms with Crippen molar-refractivity contribution in [2.45, 2.75) is 0 Å². The zero-order chi connectivity index (χ0) is 27.1. The third-order valence-corrected chi connectivity index (χ3v) is 4.22. The molecule has 36 heavy (non-hydrogen) atoms. The Bertz CT molecular complexity index is 1150. The lowest BCUT2D eigenvalue weighted by atomic mass is 10.1. The number of para-hydroxylation sites is 2. The number of carboxylic acid groups (broad SMARTS) is 2. The summed E-state index contributed by atoms with van der Waals surface area (Å²) < 4.78 is 0. The summed E-state index contributed by atoms with van der Waals surface area (Å²) in [6, 6.07) is 26.5. The average molecular weight is 491 g/mol. The molecular formula is C26H30N6O4. The Kier molecular flexibility index (Phi) is 11.7. The van der Waals surface area contributed by atoms with Crippen LogP contribution in [0.2, 0.25) is 0 Å². The van der Waals surface area contributed by atoms with Crippen LogP contribution in [0.25, 0.3) is 0 Å². The molecule has 0 bridgehead atoms. The predicted molar refractivity (Wildman–Crippen MR) is 146 cm³/mol. The van der Waals surface area contributed by atoms with E-state index < -0.39 is 11.9 Å². The number of nitrogen functional groups attached to an aromatic ring is 6. The number of hydrogen-bond acceptors (Lipinski definition) is 8. The van der Waals surface area contributed by atoms with Crippen molar-refractivity contribution < 1.29 is 19.8 Å². The van der Waals surface area contributed by atoms with Crippen molar-refractivity contribution in [2.75, 3.05) is 34.4 Å². The Morgan fingerprint density at radius 3 is 1.00 bits per heavy atom. The first-order chi connectivity index (χ1) is 17.0. The topological polar surface area (TPSA) is 231 Å². The maximum Gasteiger partial charge on any atom is 0.335 e. The molecule has 14 N–H and O–H groups in total. The monoisotopic (exact) mass is 490 g/mol. The van der Waals surface area contributed by atoms with Gasteiger partial charge in [0.05, 0.1) is 22.5 Å². The van der Waals surface area contributed by atoms with E-state index in [4.69, 9.17) is 44.6 Å². The predicted octanol–water partition coefficient (Wildman–Crippen LogP) is 3.64. The maximum atomic E-state index is 10.3. The SMILES string of the molecule is Nc1ccc(N)cc1.Nc1cccc(N)c1.Nc1ccccc1N.O=C(O)c1ccc(C(=O)O)cc1. The second kappa shape index (κ2) is 14.7. The van der Waals surface area contributed by atoms with E-state index in [1.165, 1.54) is 24.3 Å². The minimum atomic E-state index is -1.06. The third-order valence-electron chi connectivity index (χ3n) is 4.22. The first-order valence-corrected chi connectivity index (χ1v) is 10.4. The maximum absolute atomic E-state index is 10.3. The van der Waals surface area contributed by atoms with Crippen molar-refractivity contribution in [3.05, 3.63) is 108 Å². The van der Waals surface area contributed by atoms with Crippen molar-refractivity contribution in [1.82, 2.24) is 0 Å². The lowest BCUT2D eigenvalue weighted by molar-refractivity contribution is 0.0681. The first kappa shape index (κ1) is 28.7. The number of rotatable bonds is 2. The summed E-state index contributed by atoms with van der Waals surface area (Å²) in [5, 5.41) is 16.9. The van der Waals surface area contributed by atoms with Crippen molar-refractivity contribution in [2.24, 2.45) is 0 Å². The minimum Gasteiger partial charge on any atom is -0.478 e. The number of carbonyl (C=O) groups is 2. The summed E-state index contributed by atoms with van der Waals surface area (Å²) in [6.07, 6.45) is 0. The van der Waals surface area contributed by atoms with E-state index in [2.05, 4.69) is 0 Å². The van der Waals surface area contributed by atoms with E-state index >= 15 is 0 Å². The fraction of sp³-hybridized carbons (Fsp3) is 0. The lowest BCUT2D eigenvalue weighted by Crippen LogP contribution is -1.99. The number of benzene rings is 4. The molecule has 10 heteroatoms. The van der Waals surface area contributed by atoms with Crippen LogP contribution >= 0.6 is 0 Å². The molecule has 0 saturated heterocycles. The van der Waals surface area contributed by atoms with Gasteiger partial charge in [0.2, 0.25) is 0 Å². The van der Waals surface area contributed by atoms with Crippen LogP contribution in [-0.2, 0) is 0 Å². The van der Waals surface area contributed by atoms with Gasteiger partial charge in [-0.2, -0.15) is 0 Å². The molecule has 0 aliphatic rings. The molecule has 0 spiro atoms. The Morgan fingerprint density at radius 1 is 0.444 bits per heavy atom. The molecule has 4 aromatic rings. The van der Waals surface area contributed by atoms with E-state index in [9.17, 15) is 9.59 Å². The van der Waals surface area contributed by atoms with E-state index in [1.54, 1.807) is 54.6 Å². The molecule has 0 radical (unpaired) electrons. The van der Waals surface area contributed by atoms with Gasteiger partial charge >= 0.3 is 11.9 Å². The van der Waals surface area contributed by atoms with Gasteiger partial charge in [-0.15, -0.1) is 0 Å². The Morgan fingerprint density at radius 2 is 0.778 bits per heavy atom. The van der Waals surface area contributed by atoms with Crippen molar-refractivity contribution in [3.63, 3.8) is 0 Å². The summed E-state index contributed by atoms with van der Waals surface area (Å²) in [7, 11) is 0. The van der Waals surface area contributed by atoms with E-state index in [0.29, 0.717) is 22.7 Å². The normalized spacial score (nSPS) is 9.11. The standard InChI is InChI=1S/C8H6O4.3C6H8N2/c9-7(10)5-1-2-6(4-3-5)8(11)12;7-5-1-2-6(8)4-3-5;7-5-2-1-3-6(8)4-5;7-5-3-1-2-4-6(5)8/h1-4H,(H,9,10)(H,11,12);3*1-4H,7-8H2. The number of carboxylic acids is 2. The molecular weight excluding hydrogens is 460 g/mol. The molecule has 0 aromatic heterocycles. The molecule has 0 aliphatic carbocycles. The Hall–Kier alpha value is -5.38. The van der Waals surface area contributed by atoms with Gasteiger partial charge < -0.3 is 44.6 Å². The number of hydrogen-bond donors (Lipinski definition) is 8. The van der Waals surface area contributed by atoms with Gasteiger partial charge in [0, 0.05) is 22.7 Å². The van der Waals surface area contributed by atoms with Crippen molar-refractivity contribution in [3.8, 4) is 0 Å². The molecule has 0 unspecified atom stereocenters. The lowest BCUT2D eigenvalue weighted by Gasteiger charge is -1.94. The summed E-state index contributed by atoms with van der Waals surface area (Å²) >= 11 is 0. The summed E-state index contributed by atoms with van der Waals surface area (Å²) in [4.78, 5) is 20.7. The zero-order valence-corrected chi connectivity index (χ0v) is 19.4. The highest BCUT2D eigenvalue weighted by molar-refractivity contribution is 5.91. The van der Waals surface area contributed by atoms with Gasteiger partial charge in [-0.05, 0) is 78.9 Å². The zero-order valence-electron chi connectivity index (χ0n) is 19.4. The van der Waals surface area contributed by atoms with Gasteiger partial charge in [-0.1, -0.05) is 18.2 Å². The van der Waals surface area contributed by atoms with Crippen LogP contribution in [0.3, 0.4) is 0 Å². The van der Waals surface area contributed by atoms with E-state index in [1.807, 2.05) is 18.2 Å². The van der Waals surface area contributed by atoms with Gasteiger partial charge in [-0.25, -0.2) is 9.59 Å². The molecule has 0 amide bonds. The summed E-state index contributed by atoms with van der Waals surface area (Å²) in [5.74, 6) is -2.13. The van der Waals surface area contributed by atoms with Crippen LogP contribution in [0.4, 0.5) is 34.1 Å². The van der Waals surface area contributed by atoms with Crippen LogP contribution in [0.15, 0.2) is 97.1 Å². The Balaban J connectivity index is 0.000000244. The number of aromatic carboxylic acids is 2. The highest BCUT2D eigenvalue weighted by atomic mass is 16.4.